The average molecular weight is 381 g/mol. The second-order valence-corrected chi connectivity index (χ2v) is 7.51. The van der Waals surface area contributed by atoms with Gasteiger partial charge in [0.25, 0.3) is 0 Å². The van der Waals surface area contributed by atoms with Gasteiger partial charge >= 0.3 is 0 Å². The van der Waals surface area contributed by atoms with Gasteiger partial charge in [-0.25, -0.2) is 4.98 Å². The van der Waals surface area contributed by atoms with Crippen molar-refractivity contribution in [3.63, 3.8) is 0 Å². The molecule has 3 heterocycles. The van der Waals surface area contributed by atoms with Crippen LogP contribution in [0.5, 0.6) is 0 Å². The number of rotatable bonds is 5. The van der Waals surface area contributed by atoms with Crippen molar-refractivity contribution >= 4 is 28.3 Å². The minimum atomic E-state index is -0.376. The van der Waals surface area contributed by atoms with Gasteiger partial charge in [0, 0.05) is 23.9 Å². The zero-order chi connectivity index (χ0) is 18.8. The highest BCUT2D eigenvalue weighted by molar-refractivity contribution is 7.14. The van der Waals surface area contributed by atoms with Crippen LogP contribution < -0.4 is 5.32 Å². The van der Waals surface area contributed by atoms with E-state index in [4.69, 9.17) is 4.42 Å². The molecule has 4 rings (SSSR count). The van der Waals surface area contributed by atoms with Crippen molar-refractivity contribution in [2.24, 2.45) is 5.92 Å². The largest absolute Gasteiger partial charge is 0.467 e. The molecule has 1 aliphatic heterocycles. The number of hydrogen-bond donors (Lipinski definition) is 1. The minimum absolute atomic E-state index is 0.0361. The number of carbonyl (C=O) groups excluding carboxylic acids is 2. The highest BCUT2D eigenvalue weighted by Gasteiger charge is 2.34. The Labute approximate surface area is 160 Å². The Morgan fingerprint density at radius 3 is 2.89 bits per heavy atom. The minimum Gasteiger partial charge on any atom is -0.467 e. The lowest BCUT2D eigenvalue weighted by Crippen LogP contribution is -2.27. The number of nitrogens with zero attached hydrogens (tertiary/aromatic N) is 2. The predicted octanol–water partition coefficient (Wildman–Crippen LogP) is 3.70. The van der Waals surface area contributed by atoms with E-state index in [1.807, 2.05) is 42.6 Å². The molecule has 1 aliphatic rings. The molecule has 138 valence electrons. The molecular weight excluding hydrogens is 362 g/mol. The molecule has 6 nitrogen and oxygen atoms in total. The first-order chi connectivity index (χ1) is 13.1. The lowest BCUT2D eigenvalue weighted by atomic mass is 10.1. The van der Waals surface area contributed by atoms with Gasteiger partial charge in [-0.1, -0.05) is 29.8 Å². The zero-order valence-corrected chi connectivity index (χ0v) is 15.7. The topological polar surface area (TPSA) is 75.4 Å². The van der Waals surface area contributed by atoms with E-state index in [9.17, 15) is 9.59 Å². The molecule has 0 radical (unpaired) electrons. The smallest absolute Gasteiger partial charge is 0.231 e. The zero-order valence-electron chi connectivity index (χ0n) is 14.8. The van der Waals surface area contributed by atoms with Gasteiger partial charge in [-0.3, -0.25) is 9.59 Å². The number of anilines is 1. The molecule has 1 fully saturated rings. The molecule has 1 saturated heterocycles. The lowest BCUT2D eigenvalue weighted by Gasteiger charge is -2.14. The Morgan fingerprint density at radius 1 is 1.33 bits per heavy atom. The SMILES string of the molecule is Cc1ccc(-c2csc(NC(=O)[C@@H]3CC(=O)N(Cc4ccco4)C3)n2)cc1. The molecule has 0 unspecified atom stereocenters. The van der Waals surface area contributed by atoms with E-state index in [0.29, 0.717) is 24.0 Å². The molecule has 0 bridgehead atoms. The number of furan rings is 1. The molecule has 1 aromatic carbocycles. The third kappa shape index (κ3) is 3.93. The first kappa shape index (κ1) is 17.5. The monoisotopic (exact) mass is 381 g/mol. The third-order valence-corrected chi connectivity index (χ3v) is 5.35. The number of nitrogens with one attached hydrogen (secondary N) is 1. The van der Waals surface area contributed by atoms with Gasteiger partial charge in [0.05, 0.1) is 24.4 Å². The molecule has 0 aliphatic carbocycles. The number of aromatic nitrogens is 1. The normalized spacial score (nSPS) is 16.7. The fourth-order valence-corrected chi connectivity index (χ4v) is 3.81. The van der Waals surface area contributed by atoms with Crippen molar-refractivity contribution in [2.45, 2.75) is 19.9 Å². The molecular formula is C20H19N3O3S. The molecule has 3 aromatic rings. The van der Waals surface area contributed by atoms with Crippen molar-refractivity contribution < 1.29 is 14.0 Å². The van der Waals surface area contributed by atoms with Crippen LogP contribution in [0.15, 0.2) is 52.5 Å². The van der Waals surface area contributed by atoms with Gasteiger partial charge in [0.15, 0.2) is 5.13 Å². The second-order valence-electron chi connectivity index (χ2n) is 6.65. The number of aryl methyl sites for hydroxylation is 1. The lowest BCUT2D eigenvalue weighted by molar-refractivity contribution is -0.128. The summed E-state index contributed by atoms with van der Waals surface area (Å²) in [4.78, 5) is 30.9. The van der Waals surface area contributed by atoms with Crippen molar-refractivity contribution in [1.29, 1.82) is 0 Å². The van der Waals surface area contributed by atoms with Crippen LogP contribution in [-0.2, 0) is 16.1 Å². The Bertz CT molecular complexity index is 947. The van der Waals surface area contributed by atoms with Crippen molar-refractivity contribution in [3.8, 4) is 11.3 Å². The van der Waals surface area contributed by atoms with Crippen molar-refractivity contribution in [2.75, 3.05) is 11.9 Å². The van der Waals surface area contributed by atoms with Crippen LogP contribution >= 0.6 is 11.3 Å². The standard InChI is InChI=1S/C20H19N3O3S/c1-13-4-6-14(7-5-13)17-12-27-20(21-17)22-19(25)15-9-18(24)23(10-15)11-16-3-2-8-26-16/h2-8,12,15H,9-11H2,1H3,(H,21,22,25)/t15-/m1/s1. The first-order valence-electron chi connectivity index (χ1n) is 8.72. The maximum absolute atomic E-state index is 12.6. The molecule has 0 spiro atoms. The van der Waals surface area contributed by atoms with E-state index in [0.717, 1.165) is 11.3 Å². The van der Waals surface area contributed by atoms with Crippen LogP contribution in [0.3, 0.4) is 0 Å². The van der Waals surface area contributed by atoms with E-state index in [1.54, 1.807) is 17.2 Å². The van der Waals surface area contributed by atoms with Crippen LogP contribution in [-0.4, -0.2) is 28.2 Å². The maximum Gasteiger partial charge on any atom is 0.231 e. The van der Waals surface area contributed by atoms with E-state index in [-0.39, 0.29) is 24.2 Å². The first-order valence-corrected chi connectivity index (χ1v) is 9.60. The van der Waals surface area contributed by atoms with Gasteiger partial charge in [-0.15, -0.1) is 11.3 Å². The highest BCUT2D eigenvalue weighted by Crippen LogP contribution is 2.27. The summed E-state index contributed by atoms with van der Waals surface area (Å²) in [6.45, 7) is 2.82. The second kappa shape index (κ2) is 7.36. The van der Waals surface area contributed by atoms with E-state index >= 15 is 0 Å². The molecule has 2 aromatic heterocycles. The summed E-state index contributed by atoms with van der Waals surface area (Å²) in [6, 6.07) is 11.7. The van der Waals surface area contributed by atoms with E-state index in [2.05, 4.69) is 10.3 Å². The van der Waals surface area contributed by atoms with Gasteiger partial charge in [0.1, 0.15) is 5.76 Å². The summed E-state index contributed by atoms with van der Waals surface area (Å²) < 4.78 is 5.28. The maximum atomic E-state index is 12.6. The highest BCUT2D eigenvalue weighted by atomic mass is 32.1. The summed E-state index contributed by atoms with van der Waals surface area (Å²) in [5.41, 5.74) is 3.03. The van der Waals surface area contributed by atoms with Gasteiger partial charge in [-0.2, -0.15) is 0 Å². The van der Waals surface area contributed by atoms with Crippen LogP contribution in [0, 0.1) is 12.8 Å². The van der Waals surface area contributed by atoms with E-state index in [1.165, 1.54) is 16.9 Å². The van der Waals surface area contributed by atoms with Crippen molar-refractivity contribution in [1.82, 2.24) is 9.88 Å². The van der Waals surface area contributed by atoms with Gasteiger partial charge in [0.2, 0.25) is 11.8 Å². The fraction of sp³-hybridized carbons (Fsp3) is 0.250. The molecule has 7 heteroatoms. The number of amides is 2. The Balaban J connectivity index is 1.38. The number of likely N-dealkylation sites (tertiary alicyclic amines) is 1. The number of benzene rings is 1. The van der Waals surface area contributed by atoms with Crippen LogP contribution in [0.25, 0.3) is 11.3 Å². The Hall–Kier alpha value is -2.93. The Kier molecular flexibility index (Phi) is 4.77. The summed E-state index contributed by atoms with van der Waals surface area (Å²) in [5.74, 6) is 0.132. The quantitative estimate of drug-likeness (QED) is 0.731. The summed E-state index contributed by atoms with van der Waals surface area (Å²) >= 11 is 1.38. The third-order valence-electron chi connectivity index (χ3n) is 4.59. The summed E-state index contributed by atoms with van der Waals surface area (Å²) in [6.07, 6.45) is 1.79. The summed E-state index contributed by atoms with van der Waals surface area (Å²) in [5, 5.41) is 5.32. The molecule has 27 heavy (non-hydrogen) atoms. The molecule has 1 N–H and O–H groups in total. The number of thiazole rings is 1. The number of hydrogen-bond acceptors (Lipinski definition) is 5. The number of carbonyl (C=O) groups is 2. The molecule has 2 amide bonds. The Morgan fingerprint density at radius 2 is 2.15 bits per heavy atom. The van der Waals surface area contributed by atoms with Crippen molar-refractivity contribution in [3.05, 3.63) is 59.4 Å². The molecule has 0 saturated carbocycles. The predicted molar refractivity (Wildman–Crippen MR) is 103 cm³/mol. The van der Waals surface area contributed by atoms with Gasteiger partial charge in [-0.05, 0) is 19.1 Å². The van der Waals surface area contributed by atoms with E-state index < -0.39 is 0 Å². The average Bonchev–Trinajstić information content (AvgIpc) is 3.39. The summed E-state index contributed by atoms with van der Waals surface area (Å²) in [7, 11) is 0. The van der Waals surface area contributed by atoms with Gasteiger partial charge < -0.3 is 14.6 Å². The van der Waals surface area contributed by atoms with Crippen LogP contribution in [0.1, 0.15) is 17.7 Å². The fourth-order valence-electron chi connectivity index (χ4n) is 3.09. The molecule has 1 atom stereocenters. The van der Waals surface area contributed by atoms with Crippen LogP contribution in [0.2, 0.25) is 0 Å². The van der Waals surface area contributed by atoms with Crippen LogP contribution in [0.4, 0.5) is 5.13 Å².